The second-order valence-corrected chi connectivity index (χ2v) is 5.88. The number of Topliss-reactive ketones (excluding diaryl/α,β-unsaturated/α-hetero) is 1. The van der Waals surface area contributed by atoms with Crippen LogP contribution in [-0.2, 0) is 18.4 Å². The van der Waals surface area contributed by atoms with Gasteiger partial charge in [0.05, 0.1) is 19.1 Å². The number of aliphatic hydroxyl groups is 1. The molecule has 2 atom stereocenters. The maximum atomic E-state index is 12.2. The Kier molecular flexibility index (Phi) is 5.12. The summed E-state index contributed by atoms with van der Waals surface area (Å²) in [5.74, 6) is -1.96. The van der Waals surface area contributed by atoms with E-state index in [2.05, 4.69) is 0 Å². The van der Waals surface area contributed by atoms with Crippen molar-refractivity contribution in [3.05, 3.63) is 0 Å². The van der Waals surface area contributed by atoms with E-state index >= 15 is 0 Å². The van der Waals surface area contributed by atoms with Gasteiger partial charge >= 0.3 is 7.60 Å². The molecule has 1 fully saturated rings. The first-order valence-electron chi connectivity index (χ1n) is 5.64. The molecule has 16 heavy (non-hydrogen) atoms. The second-order valence-electron chi connectivity index (χ2n) is 3.75. The highest BCUT2D eigenvalue weighted by Gasteiger charge is 2.44. The topological polar surface area (TPSA) is 72.8 Å². The van der Waals surface area contributed by atoms with Crippen LogP contribution in [0.25, 0.3) is 0 Å². The van der Waals surface area contributed by atoms with Crippen molar-refractivity contribution in [2.45, 2.75) is 39.0 Å². The maximum Gasteiger partial charge on any atom is 0.359 e. The molecule has 0 bridgehead atoms. The van der Waals surface area contributed by atoms with E-state index in [0.717, 1.165) is 6.42 Å². The zero-order valence-electron chi connectivity index (χ0n) is 9.72. The van der Waals surface area contributed by atoms with Gasteiger partial charge in [-0.2, -0.15) is 0 Å². The molecule has 6 heteroatoms. The van der Waals surface area contributed by atoms with E-state index in [1.54, 1.807) is 13.8 Å². The Morgan fingerprint density at radius 1 is 1.44 bits per heavy atom. The molecule has 0 aromatic heterocycles. The Morgan fingerprint density at radius 2 is 2.00 bits per heavy atom. The highest BCUT2D eigenvalue weighted by atomic mass is 31.2. The van der Waals surface area contributed by atoms with Gasteiger partial charge in [0, 0.05) is 6.42 Å². The summed E-state index contributed by atoms with van der Waals surface area (Å²) in [6, 6.07) is 0. The third-order valence-electron chi connectivity index (χ3n) is 2.65. The lowest BCUT2D eigenvalue weighted by molar-refractivity contribution is -0.122. The van der Waals surface area contributed by atoms with Gasteiger partial charge in [0.25, 0.3) is 0 Å². The minimum atomic E-state index is -3.56. The first-order chi connectivity index (χ1) is 7.55. The molecule has 0 saturated heterocycles. The summed E-state index contributed by atoms with van der Waals surface area (Å²) in [5.41, 5.74) is 0. The normalized spacial score (nSPS) is 23.7. The average Bonchev–Trinajstić information content (AvgIpc) is 2.64. The van der Waals surface area contributed by atoms with E-state index in [1.807, 2.05) is 0 Å². The first kappa shape index (κ1) is 13.8. The fourth-order valence-electron chi connectivity index (χ4n) is 1.93. The number of carbonyl (C=O) groups excluding carboxylic acids is 1. The van der Waals surface area contributed by atoms with E-state index in [0.29, 0.717) is 12.8 Å². The maximum absolute atomic E-state index is 12.2. The molecule has 0 heterocycles. The summed E-state index contributed by atoms with van der Waals surface area (Å²) in [7, 11) is -3.56. The Morgan fingerprint density at radius 3 is 2.38 bits per heavy atom. The van der Waals surface area contributed by atoms with Crippen LogP contribution in [0.5, 0.6) is 0 Å². The van der Waals surface area contributed by atoms with Crippen molar-refractivity contribution in [3.63, 3.8) is 0 Å². The number of hydrogen-bond acceptors (Lipinski definition) is 5. The Bertz CT molecular complexity index is 281. The molecular weight excluding hydrogens is 231 g/mol. The fraction of sp³-hybridized carbons (Fsp3) is 0.900. The monoisotopic (exact) mass is 250 g/mol. The third-order valence-corrected chi connectivity index (χ3v) is 4.90. The molecule has 1 aliphatic carbocycles. The summed E-state index contributed by atoms with van der Waals surface area (Å²) >= 11 is 0. The summed E-state index contributed by atoms with van der Waals surface area (Å²) in [6.07, 6.45) is 1.74. The quantitative estimate of drug-likeness (QED) is 0.729. The van der Waals surface area contributed by atoms with Crippen LogP contribution in [0, 0.1) is 5.92 Å². The Labute approximate surface area is 95.7 Å². The Balaban J connectivity index is 2.77. The fourth-order valence-corrected chi connectivity index (χ4v) is 3.78. The van der Waals surface area contributed by atoms with Crippen molar-refractivity contribution in [2.24, 2.45) is 5.92 Å². The number of ketones is 1. The molecular formula is C10H19O5P. The molecule has 94 valence electrons. The molecule has 0 amide bonds. The highest BCUT2D eigenvalue weighted by molar-refractivity contribution is 7.54. The number of rotatable bonds is 6. The van der Waals surface area contributed by atoms with Crippen molar-refractivity contribution in [3.8, 4) is 0 Å². The van der Waals surface area contributed by atoms with Crippen LogP contribution < -0.4 is 0 Å². The van der Waals surface area contributed by atoms with Gasteiger partial charge < -0.3 is 14.2 Å². The molecule has 1 rings (SSSR count). The van der Waals surface area contributed by atoms with Crippen LogP contribution in [0.4, 0.5) is 0 Å². The molecule has 0 radical (unpaired) electrons. The summed E-state index contributed by atoms with van der Waals surface area (Å²) in [5, 5.41) is 9.97. The van der Waals surface area contributed by atoms with Crippen molar-refractivity contribution >= 4 is 13.4 Å². The molecule has 0 aliphatic heterocycles. The van der Waals surface area contributed by atoms with Crippen LogP contribution in [0.2, 0.25) is 0 Å². The van der Waals surface area contributed by atoms with Gasteiger partial charge in [0.1, 0.15) is 5.78 Å². The minimum Gasteiger partial charge on any atom is -0.380 e. The molecule has 1 aliphatic rings. The summed E-state index contributed by atoms with van der Waals surface area (Å²) in [4.78, 5) is 11.5. The van der Waals surface area contributed by atoms with Crippen LogP contribution in [0.1, 0.15) is 33.1 Å². The van der Waals surface area contributed by atoms with Gasteiger partial charge in [-0.1, -0.05) is 0 Å². The number of hydrogen-bond donors (Lipinski definition) is 1. The van der Waals surface area contributed by atoms with Gasteiger partial charge in [0.2, 0.25) is 0 Å². The van der Waals surface area contributed by atoms with Gasteiger partial charge in [-0.25, -0.2) is 0 Å². The zero-order valence-corrected chi connectivity index (χ0v) is 10.6. The van der Waals surface area contributed by atoms with E-state index < -0.39 is 19.4 Å². The lowest BCUT2D eigenvalue weighted by Crippen LogP contribution is -2.26. The van der Waals surface area contributed by atoms with Crippen molar-refractivity contribution in [1.82, 2.24) is 0 Å². The standard InChI is InChI=1S/C10H19O5P/c1-3-14-16(13,15-4-2)10(12)8-6-5-7-9(8)11/h8,10,12H,3-7H2,1-2H3/t8?,10-/m0/s1. The van der Waals surface area contributed by atoms with Gasteiger partial charge in [-0.05, 0) is 26.7 Å². The molecule has 1 saturated carbocycles. The SMILES string of the molecule is CCOP(=O)(OCC)[C@H](O)C1CCCC1=O. The summed E-state index contributed by atoms with van der Waals surface area (Å²) in [6.45, 7) is 3.73. The molecule has 0 aromatic carbocycles. The lowest BCUT2D eigenvalue weighted by Gasteiger charge is -2.25. The predicted molar refractivity (Wildman–Crippen MR) is 59.2 cm³/mol. The van der Waals surface area contributed by atoms with E-state index in [-0.39, 0.29) is 19.0 Å². The van der Waals surface area contributed by atoms with Crippen molar-refractivity contribution in [1.29, 1.82) is 0 Å². The minimum absolute atomic E-state index is 0.0490. The van der Waals surface area contributed by atoms with Gasteiger partial charge in [-0.15, -0.1) is 0 Å². The zero-order chi connectivity index (χ0) is 12.2. The second kappa shape index (κ2) is 5.92. The lowest BCUT2D eigenvalue weighted by atomic mass is 10.1. The molecule has 0 aromatic rings. The van der Waals surface area contributed by atoms with Crippen LogP contribution >= 0.6 is 7.60 Å². The predicted octanol–water partition coefficient (Wildman–Crippen LogP) is 1.94. The van der Waals surface area contributed by atoms with Crippen LogP contribution in [0.3, 0.4) is 0 Å². The van der Waals surface area contributed by atoms with Gasteiger partial charge in [-0.3, -0.25) is 9.36 Å². The van der Waals surface area contributed by atoms with Crippen LogP contribution in [0.15, 0.2) is 0 Å². The number of carbonyl (C=O) groups is 1. The first-order valence-corrected chi connectivity index (χ1v) is 7.26. The molecule has 0 spiro atoms. The largest absolute Gasteiger partial charge is 0.380 e. The van der Waals surface area contributed by atoms with E-state index in [9.17, 15) is 14.5 Å². The van der Waals surface area contributed by atoms with E-state index in [1.165, 1.54) is 0 Å². The Hall–Kier alpha value is -0.220. The average molecular weight is 250 g/mol. The van der Waals surface area contributed by atoms with E-state index in [4.69, 9.17) is 9.05 Å². The van der Waals surface area contributed by atoms with Crippen molar-refractivity contribution in [2.75, 3.05) is 13.2 Å². The molecule has 5 nitrogen and oxygen atoms in total. The smallest absolute Gasteiger partial charge is 0.359 e. The molecule has 1 unspecified atom stereocenters. The summed E-state index contributed by atoms with van der Waals surface area (Å²) < 4.78 is 22.2. The van der Waals surface area contributed by atoms with Crippen LogP contribution in [-0.4, -0.2) is 29.9 Å². The highest BCUT2D eigenvalue weighted by Crippen LogP contribution is 2.56. The molecule has 1 N–H and O–H groups in total. The van der Waals surface area contributed by atoms with Gasteiger partial charge in [0.15, 0.2) is 5.85 Å². The number of aliphatic hydroxyl groups excluding tert-OH is 1. The van der Waals surface area contributed by atoms with Crippen molar-refractivity contribution < 1.29 is 23.5 Å². The third kappa shape index (κ3) is 2.92.